The van der Waals surface area contributed by atoms with Gasteiger partial charge in [-0.3, -0.25) is 9.36 Å². The van der Waals surface area contributed by atoms with Crippen molar-refractivity contribution in [2.45, 2.75) is 10.8 Å². The van der Waals surface area contributed by atoms with Gasteiger partial charge >= 0.3 is 0 Å². The first-order valence-electron chi connectivity index (χ1n) is 23.6. The molecule has 69 heavy (non-hydrogen) atoms. The maximum atomic E-state index is 15.9. The SMILES string of the molecule is O=C1c2c(N3c4ccccc4C(c4ccccc4)(c4ccccc4)c4ccccc43)ccc(N3c4ccccc4C(c4ccccc4)(c4ccccc4)c4ccccc43)c2-c2nc3ccccc3n21. The lowest BCUT2D eigenvalue weighted by Gasteiger charge is -2.47. The number of carbonyl (C=O) groups excluding carboxylic acids is 1. The average molecular weight is 883 g/mol. The number of imidazole rings is 1. The van der Waals surface area contributed by atoms with E-state index in [1.165, 1.54) is 22.3 Å². The molecule has 0 atom stereocenters. The molecule has 3 aliphatic heterocycles. The molecule has 0 amide bonds. The predicted molar refractivity (Wildman–Crippen MR) is 278 cm³/mol. The van der Waals surface area contributed by atoms with Crippen LogP contribution in [0.5, 0.6) is 0 Å². The van der Waals surface area contributed by atoms with E-state index in [1.807, 2.05) is 28.8 Å². The Bertz CT molecular complexity index is 3650. The Hall–Kier alpha value is -9.06. The molecule has 0 aliphatic carbocycles. The fourth-order valence-corrected chi connectivity index (χ4v) is 12.2. The molecule has 5 heteroatoms. The van der Waals surface area contributed by atoms with Crippen LogP contribution in [0, 0.1) is 0 Å². The second-order valence-corrected chi connectivity index (χ2v) is 18.1. The van der Waals surface area contributed by atoms with Crippen molar-refractivity contribution in [3.8, 4) is 11.4 Å². The van der Waals surface area contributed by atoms with Crippen LogP contribution >= 0.6 is 0 Å². The molecule has 5 nitrogen and oxygen atoms in total. The summed E-state index contributed by atoms with van der Waals surface area (Å²) in [6.07, 6.45) is 0. The highest BCUT2D eigenvalue weighted by Gasteiger charge is 2.50. The number of para-hydroxylation sites is 6. The van der Waals surface area contributed by atoms with Gasteiger partial charge in [0, 0.05) is 0 Å². The van der Waals surface area contributed by atoms with E-state index in [-0.39, 0.29) is 5.91 Å². The molecule has 0 saturated carbocycles. The molecule has 14 rings (SSSR count). The van der Waals surface area contributed by atoms with Crippen molar-refractivity contribution in [2.24, 2.45) is 0 Å². The van der Waals surface area contributed by atoms with E-state index >= 15 is 4.79 Å². The molecule has 11 aromatic rings. The maximum Gasteiger partial charge on any atom is 0.267 e. The molecule has 4 heterocycles. The molecule has 10 aromatic carbocycles. The maximum absolute atomic E-state index is 15.9. The Morgan fingerprint density at radius 1 is 0.304 bits per heavy atom. The summed E-state index contributed by atoms with van der Waals surface area (Å²) in [6, 6.07) is 90.9. The Labute approximate surface area is 400 Å². The molecule has 0 N–H and O–H groups in total. The zero-order valence-corrected chi connectivity index (χ0v) is 37.4. The van der Waals surface area contributed by atoms with Gasteiger partial charge in [0.25, 0.3) is 5.91 Å². The van der Waals surface area contributed by atoms with Crippen molar-refractivity contribution in [3.05, 3.63) is 305 Å². The number of nitrogens with zero attached hydrogens (tertiary/aromatic N) is 4. The summed E-state index contributed by atoms with van der Waals surface area (Å²) in [6.45, 7) is 0. The fourth-order valence-electron chi connectivity index (χ4n) is 12.2. The number of carbonyl (C=O) groups is 1. The summed E-state index contributed by atoms with van der Waals surface area (Å²) >= 11 is 0. The molecule has 0 unspecified atom stereocenters. The molecule has 0 bridgehead atoms. The number of anilines is 6. The second kappa shape index (κ2) is 15.0. The van der Waals surface area contributed by atoms with Gasteiger partial charge in [-0.1, -0.05) is 206 Å². The lowest BCUT2D eigenvalue weighted by molar-refractivity contribution is 0.0974. The van der Waals surface area contributed by atoms with Crippen molar-refractivity contribution in [1.29, 1.82) is 0 Å². The number of fused-ring (bicyclic) bond motifs is 9. The van der Waals surface area contributed by atoms with Crippen LogP contribution < -0.4 is 9.80 Å². The third-order valence-corrected chi connectivity index (χ3v) is 14.9. The minimum Gasteiger partial charge on any atom is -0.309 e. The van der Waals surface area contributed by atoms with Gasteiger partial charge in [-0.15, -0.1) is 0 Å². The van der Waals surface area contributed by atoms with Crippen LogP contribution in [0.3, 0.4) is 0 Å². The van der Waals surface area contributed by atoms with Gasteiger partial charge in [0.1, 0.15) is 0 Å². The number of hydrogen-bond donors (Lipinski definition) is 0. The van der Waals surface area contributed by atoms with E-state index in [1.54, 1.807) is 0 Å². The molecule has 0 spiro atoms. The van der Waals surface area contributed by atoms with Crippen LogP contribution in [0.4, 0.5) is 34.1 Å². The van der Waals surface area contributed by atoms with E-state index < -0.39 is 10.8 Å². The number of benzene rings is 10. The molecular formula is C64H42N4O. The third-order valence-electron chi connectivity index (χ3n) is 14.9. The second-order valence-electron chi connectivity index (χ2n) is 18.1. The first kappa shape index (κ1) is 39.1. The number of rotatable bonds is 6. The number of aromatic nitrogens is 2. The minimum atomic E-state index is -0.659. The van der Waals surface area contributed by atoms with Crippen molar-refractivity contribution < 1.29 is 4.79 Å². The van der Waals surface area contributed by atoms with Gasteiger partial charge in [0.05, 0.1) is 67.1 Å². The Kier molecular flexibility index (Phi) is 8.50. The third kappa shape index (κ3) is 5.24. The summed E-state index contributed by atoms with van der Waals surface area (Å²) in [5.41, 5.74) is 16.7. The van der Waals surface area contributed by atoms with Crippen molar-refractivity contribution in [3.63, 3.8) is 0 Å². The van der Waals surface area contributed by atoms with Crippen LogP contribution in [0.15, 0.2) is 255 Å². The van der Waals surface area contributed by atoms with Crippen molar-refractivity contribution in [1.82, 2.24) is 9.55 Å². The van der Waals surface area contributed by atoms with Crippen LogP contribution in [-0.2, 0) is 10.8 Å². The molecule has 0 fully saturated rings. The normalized spacial score (nSPS) is 14.6. The Balaban J connectivity index is 1.07. The zero-order chi connectivity index (χ0) is 45.7. The van der Waals surface area contributed by atoms with E-state index in [9.17, 15) is 0 Å². The molecule has 0 saturated heterocycles. The van der Waals surface area contributed by atoms with Gasteiger partial charge in [-0.2, -0.15) is 0 Å². The summed E-state index contributed by atoms with van der Waals surface area (Å²) < 4.78 is 1.84. The largest absolute Gasteiger partial charge is 0.309 e. The van der Waals surface area contributed by atoms with Gasteiger partial charge in [0.15, 0.2) is 5.82 Å². The van der Waals surface area contributed by atoms with E-state index in [4.69, 9.17) is 4.98 Å². The number of hydrogen-bond acceptors (Lipinski definition) is 4. The van der Waals surface area contributed by atoms with Crippen molar-refractivity contribution >= 4 is 51.1 Å². The standard InChI is InChI=1S/C64H42N4O/c69-62-60-58(67-54-38-20-15-33-49(54)64(45-27-9-3-10-28-45,46-29-11-4-12-30-46)50-34-16-21-39-55(50)67)42-41-57(59(60)61-65-51-35-17-22-40-56(51)68(61)62)66-52-36-18-13-31-47(52)63(43-23-5-1-6-24-43,44-25-7-2-8-26-44)48-32-14-19-37-53(48)66/h1-42H. The van der Waals surface area contributed by atoms with Crippen molar-refractivity contribution in [2.75, 3.05) is 9.80 Å². The minimum absolute atomic E-state index is 0.107. The van der Waals surface area contributed by atoms with E-state index in [0.29, 0.717) is 11.4 Å². The highest BCUT2D eigenvalue weighted by atomic mass is 16.2. The first-order chi connectivity index (χ1) is 34.2. The van der Waals surface area contributed by atoms with Crippen LogP contribution in [0.25, 0.3) is 22.4 Å². The van der Waals surface area contributed by atoms with Gasteiger partial charge in [0.2, 0.25) is 0 Å². The monoisotopic (exact) mass is 882 g/mol. The summed E-state index contributed by atoms with van der Waals surface area (Å²) in [5.74, 6) is 0.525. The Morgan fingerprint density at radius 3 is 1.01 bits per heavy atom. The van der Waals surface area contributed by atoms with Gasteiger partial charge in [-0.05, 0) is 93.0 Å². The Morgan fingerprint density at radius 2 is 0.623 bits per heavy atom. The highest BCUT2D eigenvalue weighted by Crippen LogP contribution is 2.62. The predicted octanol–water partition coefficient (Wildman–Crippen LogP) is 15.0. The lowest BCUT2D eigenvalue weighted by Crippen LogP contribution is -2.38. The topological polar surface area (TPSA) is 41.4 Å². The average Bonchev–Trinajstić information content (AvgIpc) is 3.95. The summed E-state index contributed by atoms with van der Waals surface area (Å²) in [7, 11) is 0. The fraction of sp³-hybridized carbons (Fsp3) is 0.0312. The van der Waals surface area contributed by atoms with E-state index in [0.717, 1.165) is 73.0 Å². The zero-order valence-electron chi connectivity index (χ0n) is 37.4. The molecule has 3 aliphatic rings. The molecule has 1 aromatic heterocycles. The lowest BCUT2D eigenvalue weighted by atomic mass is 9.62. The first-order valence-corrected chi connectivity index (χ1v) is 23.6. The van der Waals surface area contributed by atoms with Crippen LogP contribution in [-0.4, -0.2) is 15.5 Å². The summed E-state index contributed by atoms with van der Waals surface area (Å²) in [5, 5.41) is 0. The van der Waals surface area contributed by atoms with Crippen LogP contribution in [0.2, 0.25) is 0 Å². The van der Waals surface area contributed by atoms with Gasteiger partial charge < -0.3 is 9.80 Å². The quantitative estimate of drug-likeness (QED) is 0.167. The molecular weight excluding hydrogens is 841 g/mol. The molecule has 324 valence electrons. The van der Waals surface area contributed by atoms with Crippen LogP contribution in [0.1, 0.15) is 54.9 Å². The van der Waals surface area contributed by atoms with E-state index in [2.05, 4.69) is 240 Å². The highest BCUT2D eigenvalue weighted by molar-refractivity contribution is 6.20. The smallest absolute Gasteiger partial charge is 0.267 e. The summed E-state index contributed by atoms with van der Waals surface area (Å²) in [4.78, 5) is 26.0. The van der Waals surface area contributed by atoms with Gasteiger partial charge in [-0.25, -0.2) is 4.98 Å². The molecule has 0 radical (unpaired) electrons.